The Balaban J connectivity index is 1.46. The molecule has 6 rings (SSSR count). The summed E-state index contributed by atoms with van der Waals surface area (Å²) in [4.78, 5) is 6.69. The Morgan fingerprint density at radius 1 is 0.647 bits per heavy atom. The lowest BCUT2D eigenvalue weighted by Crippen LogP contribution is -2.16. The number of pyridine rings is 1. The van der Waals surface area contributed by atoms with E-state index in [-0.39, 0.29) is 0 Å². The molecular weight excluding hydrogens is 418 g/mol. The Kier molecular flexibility index (Phi) is 4.79. The number of nitrogens with zero attached hydrogens (tertiary/aromatic N) is 3. The zero-order valence-corrected chi connectivity index (χ0v) is 18.2. The first-order valence-electron chi connectivity index (χ1n) is 11.0. The molecular formula is C30H19N3O. The maximum absolute atomic E-state index is 9.20. The van der Waals surface area contributed by atoms with Crippen LogP contribution in [0.5, 0.6) is 11.5 Å². The number of aromatic nitrogens is 1. The number of fused-ring (bicyclic) bond motifs is 2. The summed E-state index contributed by atoms with van der Waals surface area (Å²) in [6.07, 6.45) is 1.67. The van der Waals surface area contributed by atoms with E-state index in [9.17, 15) is 5.26 Å². The van der Waals surface area contributed by atoms with Gasteiger partial charge in [0.15, 0.2) is 11.5 Å². The summed E-state index contributed by atoms with van der Waals surface area (Å²) in [7, 11) is 0. The molecule has 0 bridgehead atoms. The van der Waals surface area contributed by atoms with Crippen molar-refractivity contribution in [1.29, 1.82) is 5.26 Å². The van der Waals surface area contributed by atoms with Crippen LogP contribution in [-0.2, 0) is 0 Å². The SMILES string of the molecule is N#Cc1ccnc(-c2ccc(-c3ccccc3N3c4ccccc4Oc4ccccc43)cc2)c1. The van der Waals surface area contributed by atoms with Gasteiger partial charge in [-0.1, -0.05) is 66.7 Å². The Hall–Kier alpha value is -4.88. The molecule has 4 nitrogen and oxygen atoms in total. The van der Waals surface area contributed by atoms with Crippen LogP contribution in [0.1, 0.15) is 5.56 Å². The first kappa shape index (κ1) is 19.8. The van der Waals surface area contributed by atoms with Crippen molar-refractivity contribution < 1.29 is 4.74 Å². The largest absolute Gasteiger partial charge is 0.453 e. The van der Waals surface area contributed by atoms with Crippen molar-refractivity contribution in [3.8, 4) is 40.0 Å². The monoisotopic (exact) mass is 437 g/mol. The zero-order valence-electron chi connectivity index (χ0n) is 18.2. The number of para-hydroxylation sites is 5. The fourth-order valence-corrected chi connectivity index (χ4v) is 4.36. The van der Waals surface area contributed by atoms with Crippen LogP contribution in [0.2, 0.25) is 0 Å². The summed E-state index contributed by atoms with van der Waals surface area (Å²) in [6.45, 7) is 0. The summed E-state index contributed by atoms with van der Waals surface area (Å²) in [6, 6.07) is 38.6. The van der Waals surface area contributed by atoms with Crippen LogP contribution in [0.15, 0.2) is 115 Å². The highest BCUT2D eigenvalue weighted by Gasteiger charge is 2.26. The molecule has 4 aromatic carbocycles. The maximum Gasteiger partial charge on any atom is 0.151 e. The highest BCUT2D eigenvalue weighted by molar-refractivity contribution is 5.93. The lowest BCUT2D eigenvalue weighted by molar-refractivity contribution is 0.477. The number of nitriles is 1. The summed E-state index contributed by atoms with van der Waals surface area (Å²) < 4.78 is 6.19. The summed E-state index contributed by atoms with van der Waals surface area (Å²) >= 11 is 0. The number of ether oxygens (including phenoxy) is 1. The fraction of sp³-hybridized carbons (Fsp3) is 0. The van der Waals surface area contributed by atoms with Crippen LogP contribution >= 0.6 is 0 Å². The van der Waals surface area contributed by atoms with Gasteiger partial charge in [-0.15, -0.1) is 0 Å². The van der Waals surface area contributed by atoms with Crippen molar-refractivity contribution in [3.05, 3.63) is 121 Å². The van der Waals surface area contributed by atoms with Gasteiger partial charge in [-0.3, -0.25) is 4.98 Å². The third-order valence-electron chi connectivity index (χ3n) is 5.96. The van der Waals surface area contributed by atoms with E-state index in [1.807, 2.05) is 42.5 Å². The van der Waals surface area contributed by atoms with Gasteiger partial charge in [0.25, 0.3) is 0 Å². The van der Waals surface area contributed by atoms with E-state index in [2.05, 4.69) is 76.6 Å². The molecule has 0 saturated carbocycles. The van der Waals surface area contributed by atoms with Gasteiger partial charge < -0.3 is 9.64 Å². The number of hydrogen-bond donors (Lipinski definition) is 0. The number of hydrogen-bond acceptors (Lipinski definition) is 4. The van der Waals surface area contributed by atoms with E-state index < -0.39 is 0 Å². The minimum absolute atomic E-state index is 0.601. The van der Waals surface area contributed by atoms with Crippen molar-refractivity contribution in [2.45, 2.75) is 0 Å². The van der Waals surface area contributed by atoms with Gasteiger partial charge >= 0.3 is 0 Å². The first-order chi connectivity index (χ1) is 16.8. The standard InChI is InChI=1S/C30H19N3O/c31-20-21-17-18-32-25(19-21)23-15-13-22(14-16-23)24-7-1-2-8-26(24)33-27-9-3-5-11-29(27)34-30-12-6-4-10-28(30)33/h1-19H. The average Bonchev–Trinajstić information content (AvgIpc) is 2.92. The highest BCUT2D eigenvalue weighted by atomic mass is 16.5. The molecule has 4 heteroatoms. The van der Waals surface area contributed by atoms with Crippen molar-refractivity contribution in [1.82, 2.24) is 4.98 Å². The van der Waals surface area contributed by atoms with Gasteiger partial charge in [-0.2, -0.15) is 5.26 Å². The minimum atomic E-state index is 0.601. The minimum Gasteiger partial charge on any atom is -0.453 e. The van der Waals surface area contributed by atoms with Gasteiger partial charge in [-0.25, -0.2) is 0 Å². The van der Waals surface area contributed by atoms with Gasteiger partial charge in [0.1, 0.15) is 0 Å². The van der Waals surface area contributed by atoms with E-state index in [4.69, 9.17) is 4.74 Å². The third-order valence-corrected chi connectivity index (χ3v) is 5.96. The summed E-state index contributed by atoms with van der Waals surface area (Å²) in [5.74, 6) is 1.66. The summed E-state index contributed by atoms with van der Waals surface area (Å²) in [5, 5.41) is 9.20. The van der Waals surface area contributed by atoms with Crippen LogP contribution in [0, 0.1) is 11.3 Å². The van der Waals surface area contributed by atoms with Crippen molar-refractivity contribution >= 4 is 17.1 Å². The Morgan fingerprint density at radius 2 is 1.24 bits per heavy atom. The first-order valence-corrected chi connectivity index (χ1v) is 11.0. The van der Waals surface area contributed by atoms with Gasteiger partial charge in [0.2, 0.25) is 0 Å². The zero-order chi connectivity index (χ0) is 22.9. The Bertz CT molecular complexity index is 1500. The second kappa shape index (κ2) is 8.23. The molecule has 160 valence electrons. The molecule has 1 aliphatic heterocycles. The molecule has 0 spiro atoms. The molecule has 0 atom stereocenters. The number of anilines is 3. The average molecular weight is 438 g/mol. The smallest absolute Gasteiger partial charge is 0.151 e. The molecule has 1 aliphatic rings. The van der Waals surface area contributed by atoms with Crippen molar-refractivity contribution in [2.24, 2.45) is 0 Å². The van der Waals surface area contributed by atoms with E-state index in [1.54, 1.807) is 12.3 Å². The van der Waals surface area contributed by atoms with Crippen LogP contribution in [0.25, 0.3) is 22.4 Å². The Labute approximate surface area is 198 Å². The van der Waals surface area contributed by atoms with E-state index in [0.717, 1.165) is 50.9 Å². The molecule has 0 radical (unpaired) electrons. The third kappa shape index (κ3) is 3.37. The molecule has 0 amide bonds. The molecule has 0 unspecified atom stereocenters. The van der Waals surface area contributed by atoms with E-state index in [0.29, 0.717) is 5.56 Å². The lowest BCUT2D eigenvalue weighted by Gasteiger charge is -2.34. The number of rotatable bonds is 3. The topological polar surface area (TPSA) is 49.2 Å². The summed E-state index contributed by atoms with van der Waals surface area (Å²) in [5.41, 5.74) is 7.64. The normalized spacial score (nSPS) is 11.7. The molecule has 34 heavy (non-hydrogen) atoms. The quantitative estimate of drug-likeness (QED) is 0.283. The maximum atomic E-state index is 9.20. The van der Waals surface area contributed by atoms with Gasteiger partial charge in [0, 0.05) is 17.3 Å². The molecule has 0 fully saturated rings. The lowest BCUT2D eigenvalue weighted by atomic mass is 9.99. The molecule has 0 aliphatic carbocycles. The molecule has 0 N–H and O–H groups in total. The fourth-order valence-electron chi connectivity index (χ4n) is 4.36. The van der Waals surface area contributed by atoms with Gasteiger partial charge in [0.05, 0.1) is 34.4 Å². The molecule has 1 aromatic heterocycles. The van der Waals surface area contributed by atoms with E-state index in [1.165, 1.54) is 0 Å². The number of benzene rings is 4. The molecule has 0 saturated heterocycles. The van der Waals surface area contributed by atoms with Crippen LogP contribution in [0.4, 0.5) is 17.1 Å². The Morgan fingerprint density at radius 3 is 1.91 bits per heavy atom. The van der Waals surface area contributed by atoms with Crippen LogP contribution in [0.3, 0.4) is 0 Å². The second-order valence-electron chi connectivity index (χ2n) is 8.01. The highest BCUT2D eigenvalue weighted by Crippen LogP contribution is 2.51. The van der Waals surface area contributed by atoms with Crippen molar-refractivity contribution in [2.75, 3.05) is 4.90 Å². The van der Waals surface area contributed by atoms with Crippen LogP contribution in [-0.4, -0.2) is 4.98 Å². The second-order valence-corrected chi connectivity index (χ2v) is 8.01. The van der Waals surface area contributed by atoms with Crippen molar-refractivity contribution in [3.63, 3.8) is 0 Å². The predicted molar refractivity (Wildman–Crippen MR) is 135 cm³/mol. The van der Waals surface area contributed by atoms with Crippen LogP contribution < -0.4 is 9.64 Å². The van der Waals surface area contributed by atoms with E-state index >= 15 is 0 Å². The molecule has 2 heterocycles. The predicted octanol–water partition coefficient (Wildman–Crippen LogP) is 7.86. The molecule has 5 aromatic rings. The van der Waals surface area contributed by atoms with Gasteiger partial charge in [-0.05, 0) is 48.0 Å².